The van der Waals surface area contributed by atoms with Crippen molar-refractivity contribution < 1.29 is 4.79 Å². The number of carbonyl (C=O) groups excluding carboxylic acids is 1. The van der Waals surface area contributed by atoms with Crippen LogP contribution in [-0.4, -0.2) is 43.0 Å². The van der Waals surface area contributed by atoms with Gasteiger partial charge in [-0.1, -0.05) is 20.8 Å². The van der Waals surface area contributed by atoms with Crippen LogP contribution in [0.1, 0.15) is 40.5 Å². The zero-order valence-corrected chi connectivity index (χ0v) is 11.8. The molecule has 0 heterocycles. The van der Waals surface area contributed by atoms with E-state index in [1.807, 2.05) is 6.92 Å². The first-order chi connectivity index (χ1) is 8.01. The summed E-state index contributed by atoms with van der Waals surface area (Å²) in [6.45, 7) is 11.5. The molecule has 17 heavy (non-hydrogen) atoms. The monoisotopic (exact) mass is 243 g/mol. The number of nitrogens with two attached hydrogens (primary N) is 1. The lowest BCUT2D eigenvalue weighted by Gasteiger charge is -2.23. The van der Waals surface area contributed by atoms with E-state index in [4.69, 9.17) is 5.73 Å². The van der Waals surface area contributed by atoms with Gasteiger partial charge in [0.15, 0.2) is 0 Å². The Morgan fingerprint density at radius 3 is 2.41 bits per heavy atom. The van der Waals surface area contributed by atoms with Gasteiger partial charge >= 0.3 is 0 Å². The minimum atomic E-state index is 0.122. The van der Waals surface area contributed by atoms with Crippen LogP contribution in [0.3, 0.4) is 0 Å². The van der Waals surface area contributed by atoms with Gasteiger partial charge in [-0.2, -0.15) is 0 Å². The Labute approximate surface area is 106 Å². The molecule has 4 nitrogen and oxygen atoms in total. The van der Waals surface area contributed by atoms with Crippen molar-refractivity contribution in [3.8, 4) is 0 Å². The van der Waals surface area contributed by atoms with Crippen LogP contribution in [0.4, 0.5) is 0 Å². The second kappa shape index (κ2) is 9.42. The van der Waals surface area contributed by atoms with Crippen molar-refractivity contribution >= 4 is 5.91 Å². The van der Waals surface area contributed by atoms with Crippen LogP contribution in [-0.2, 0) is 4.79 Å². The molecule has 0 spiro atoms. The van der Waals surface area contributed by atoms with E-state index >= 15 is 0 Å². The minimum absolute atomic E-state index is 0.122. The third-order valence-electron chi connectivity index (χ3n) is 2.97. The molecule has 0 saturated heterocycles. The molecule has 0 aliphatic rings. The molecule has 0 bridgehead atoms. The SMILES string of the molecule is CCCN(CCCN)CC(=O)NC(C)C(C)C. The van der Waals surface area contributed by atoms with E-state index in [0.29, 0.717) is 19.0 Å². The molecule has 1 amide bonds. The molecule has 0 aromatic carbocycles. The molecular weight excluding hydrogens is 214 g/mol. The highest BCUT2D eigenvalue weighted by molar-refractivity contribution is 5.78. The highest BCUT2D eigenvalue weighted by atomic mass is 16.2. The lowest BCUT2D eigenvalue weighted by molar-refractivity contribution is -0.123. The summed E-state index contributed by atoms with van der Waals surface area (Å²) < 4.78 is 0. The molecule has 0 aliphatic heterocycles. The van der Waals surface area contributed by atoms with Crippen molar-refractivity contribution in [3.05, 3.63) is 0 Å². The van der Waals surface area contributed by atoms with Crippen molar-refractivity contribution in [1.82, 2.24) is 10.2 Å². The van der Waals surface area contributed by atoms with Crippen LogP contribution >= 0.6 is 0 Å². The van der Waals surface area contributed by atoms with Crippen molar-refractivity contribution in [2.75, 3.05) is 26.2 Å². The van der Waals surface area contributed by atoms with E-state index in [9.17, 15) is 4.79 Å². The first kappa shape index (κ1) is 16.4. The molecule has 4 heteroatoms. The fourth-order valence-corrected chi connectivity index (χ4v) is 1.57. The van der Waals surface area contributed by atoms with Gasteiger partial charge in [0.25, 0.3) is 0 Å². The Bertz CT molecular complexity index is 207. The third-order valence-corrected chi connectivity index (χ3v) is 2.97. The number of hydrogen-bond acceptors (Lipinski definition) is 3. The standard InChI is InChI=1S/C13H29N3O/c1-5-8-16(9-6-7-14)10-13(17)15-12(4)11(2)3/h11-12H,5-10,14H2,1-4H3,(H,15,17). The van der Waals surface area contributed by atoms with Crippen LogP contribution in [0, 0.1) is 5.92 Å². The van der Waals surface area contributed by atoms with Gasteiger partial charge in [-0.05, 0) is 45.3 Å². The van der Waals surface area contributed by atoms with Crippen molar-refractivity contribution in [3.63, 3.8) is 0 Å². The Hall–Kier alpha value is -0.610. The van der Waals surface area contributed by atoms with Gasteiger partial charge in [0.1, 0.15) is 0 Å². The predicted octanol–water partition coefficient (Wildman–Crippen LogP) is 1.21. The highest BCUT2D eigenvalue weighted by Crippen LogP contribution is 2.00. The number of rotatable bonds is 9. The van der Waals surface area contributed by atoms with Gasteiger partial charge in [0, 0.05) is 6.04 Å². The quantitative estimate of drug-likeness (QED) is 0.640. The van der Waals surface area contributed by atoms with E-state index < -0.39 is 0 Å². The Balaban J connectivity index is 4.02. The van der Waals surface area contributed by atoms with Crippen LogP contribution in [0.25, 0.3) is 0 Å². The van der Waals surface area contributed by atoms with Crippen molar-refractivity contribution in [2.24, 2.45) is 11.7 Å². The largest absolute Gasteiger partial charge is 0.352 e. The molecule has 0 rings (SSSR count). The number of nitrogens with zero attached hydrogens (tertiary/aromatic N) is 1. The van der Waals surface area contributed by atoms with Crippen molar-refractivity contribution in [1.29, 1.82) is 0 Å². The van der Waals surface area contributed by atoms with Crippen LogP contribution < -0.4 is 11.1 Å². The summed E-state index contributed by atoms with van der Waals surface area (Å²) in [7, 11) is 0. The van der Waals surface area contributed by atoms with Crippen LogP contribution in [0.2, 0.25) is 0 Å². The van der Waals surface area contributed by atoms with E-state index in [1.54, 1.807) is 0 Å². The zero-order chi connectivity index (χ0) is 13.3. The molecule has 0 aromatic heterocycles. The molecule has 0 aliphatic carbocycles. The van der Waals surface area contributed by atoms with Gasteiger partial charge in [-0.3, -0.25) is 9.69 Å². The summed E-state index contributed by atoms with van der Waals surface area (Å²) in [5, 5.41) is 3.03. The summed E-state index contributed by atoms with van der Waals surface area (Å²) >= 11 is 0. The minimum Gasteiger partial charge on any atom is -0.352 e. The smallest absolute Gasteiger partial charge is 0.234 e. The summed E-state index contributed by atoms with van der Waals surface area (Å²) in [5.41, 5.74) is 5.50. The van der Waals surface area contributed by atoms with Gasteiger partial charge in [0.2, 0.25) is 5.91 Å². The Kier molecular flexibility index (Phi) is 9.09. The first-order valence-electron chi connectivity index (χ1n) is 6.73. The molecule has 1 unspecified atom stereocenters. The average molecular weight is 243 g/mol. The predicted molar refractivity (Wildman–Crippen MR) is 72.8 cm³/mol. The fourth-order valence-electron chi connectivity index (χ4n) is 1.57. The normalized spacial score (nSPS) is 13.1. The summed E-state index contributed by atoms with van der Waals surface area (Å²) in [6, 6.07) is 0.237. The number of nitrogens with one attached hydrogen (secondary N) is 1. The van der Waals surface area contributed by atoms with Crippen LogP contribution in [0.5, 0.6) is 0 Å². The van der Waals surface area contributed by atoms with E-state index in [-0.39, 0.29) is 11.9 Å². The number of hydrogen-bond donors (Lipinski definition) is 2. The van der Waals surface area contributed by atoms with Gasteiger partial charge in [0.05, 0.1) is 6.54 Å². The fraction of sp³-hybridized carbons (Fsp3) is 0.923. The second-order valence-electron chi connectivity index (χ2n) is 5.02. The topological polar surface area (TPSA) is 58.4 Å². The Morgan fingerprint density at radius 2 is 1.94 bits per heavy atom. The van der Waals surface area contributed by atoms with Gasteiger partial charge < -0.3 is 11.1 Å². The maximum Gasteiger partial charge on any atom is 0.234 e. The van der Waals surface area contributed by atoms with Gasteiger partial charge in [-0.25, -0.2) is 0 Å². The average Bonchev–Trinajstić information content (AvgIpc) is 2.25. The zero-order valence-electron chi connectivity index (χ0n) is 11.8. The molecule has 102 valence electrons. The van der Waals surface area contributed by atoms with Crippen molar-refractivity contribution in [2.45, 2.75) is 46.6 Å². The first-order valence-corrected chi connectivity index (χ1v) is 6.73. The molecule has 0 radical (unpaired) electrons. The van der Waals surface area contributed by atoms with Crippen LogP contribution in [0.15, 0.2) is 0 Å². The molecule has 3 N–H and O–H groups in total. The lowest BCUT2D eigenvalue weighted by atomic mass is 10.1. The highest BCUT2D eigenvalue weighted by Gasteiger charge is 2.13. The second-order valence-corrected chi connectivity index (χ2v) is 5.02. The third kappa shape index (κ3) is 8.16. The molecule has 0 aromatic rings. The molecular formula is C13H29N3O. The maximum absolute atomic E-state index is 11.8. The number of carbonyl (C=O) groups is 1. The van der Waals surface area contributed by atoms with E-state index in [1.165, 1.54) is 0 Å². The number of amides is 1. The lowest BCUT2D eigenvalue weighted by Crippen LogP contribution is -2.43. The summed E-state index contributed by atoms with van der Waals surface area (Å²) in [5.74, 6) is 0.597. The summed E-state index contributed by atoms with van der Waals surface area (Å²) in [4.78, 5) is 14.0. The van der Waals surface area contributed by atoms with Gasteiger partial charge in [-0.15, -0.1) is 0 Å². The maximum atomic E-state index is 11.8. The molecule has 0 fully saturated rings. The molecule has 0 saturated carbocycles. The Morgan fingerprint density at radius 1 is 1.29 bits per heavy atom. The van der Waals surface area contributed by atoms with E-state index in [2.05, 4.69) is 31.0 Å². The van der Waals surface area contributed by atoms with E-state index in [0.717, 1.165) is 25.9 Å². The molecule has 1 atom stereocenters. The summed E-state index contributed by atoms with van der Waals surface area (Å²) in [6.07, 6.45) is 2.02.